The van der Waals surface area contributed by atoms with Crippen LogP contribution < -0.4 is 4.90 Å². The Labute approximate surface area is 105 Å². The molecule has 16 heavy (non-hydrogen) atoms. The van der Waals surface area contributed by atoms with E-state index in [1.165, 1.54) is 12.8 Å². The Balaban J connectivity index is 2.27. The minimum Gasteiger partial charge on any atom is -0.370 e. The highest BCUT2D eigenvalue weighted by Crippen LogP contribution is 2.30. The zero-order valence-corrected chi connectivity index (χ0v) is 11.0. The van der Waals surface area contributed by atoms with Crippen molar-refractivity contribution in [3.05, 3.63) is 28.2 Å². The molecule has 0 saturated carbocycles. The summed E-state index contributed by atoms with van der Waals surface area (Å²) in [5, 5.41) is 9.10. The molecule has 1 heterocycles. The Hall–Kier alpha value is -1.01. The van der Waals surface area contributed by atoms with Crippen molar-refractivity contribution in [1.82, 2.24) is 0 Å². The molecular formula is C13H15BrN2. The van der Waals surface area contributed by atoms with Gasteiger partial charge in [-0.05, 0) is 30.5 Å². The fraction of sp³-hybridized carbons (Fsp3) is 0.462. The highest BCUT2D eigenvalue weighted by molar-refractivity contribution is 9.10. The maximum absolute atomic E-state index is 9.10. The topological polar surface area (TPSA) is 27.0 Å². The fourth-order valence-electron chi connectivity index (χ4n) is 2.25. The van der Waals surface area contributed by atoms with Crippen LogP contribution in [0, 0.1) is 17.2 Å². The summed E-state index contributed by atoms with van der Waals surface area (Å²) in [4.78, 5) is 2.33. The molecule has 1 atom stereocenters. The van der Waals surface area contributed by atoms with Gasteiger partial charge in [-0.2, -0.15) is 5.26 Å². The summed E-state index contributed by atoms with van der Waals surface area (Å²) in [6.45, 7) is 4.39. The third kappa shape index (κ3) is 2.22. The van der Waals surface area contributed by atoms with E-state index in [1.54, 1.807) is 0 Å². The van der Waals surface area contributed by atoms with Gasteiger partial charge in [0.15, 0.2) is 0 Å². The minimum absolute atomic E-state index is 0.778. The van der Waals surface area contributed by atoms with E-state index in [-0.39, 0.29) is 0 Å². The number of benzene rings is 1. The summed E-state index contributed by atoms with van der Waals surface area (Å²) in [6.07, 6.45) is 2.47. The normalized spacial score (nSPS) is 19.8. The van der Waals surface area contributed by atoms with Gasteiger partial charge in [-0.3, -0.25) is 0 Å². The van der Waals surface area contributed by atoms with Crippen LogP contribution in [0.4, 0.5) is 5.69 Å². The second kappa shape index (κ2) is 4.88. The second-order valence-corrected chi connectivity index (χ2v) is 5.20. The lowest BCUT2D eigenvalue weighted by Crippen LogP contribution is -2.20. The number of rotatable bonds is 2. The lowest BCUT2D eigenvalue weighted by Gasteiger charge is -2.20. The summed E-state index contributed by atoms with van der Waals surface area (Å²) in [5.74, 6) is 0.783. The molecule has 0 amide bonds. The van der Waals surface area contributed by atoms with E-state index in [0.29, 0.717) is 0 Å². The Morgan fingerprint density at radius 2 is 2.38 bits per heavy atom. The molecule has 0 spiro atoms. The van der Waals surface area contributed by atoms with Crippen LogP contribution in [0.2, 0.25) is 0 Å². The van der Waals surface area contributed by atoms with Crippen LogP contribution in [0.5, 0.6) is 0 Å². The van der Waals surface area contributed by atoms with Crippen molar-refractivity contribution < 1.29 is 0 Å². The van der Waals surface area contributed by atoms with Crippen LogP contribution in [-0.2, 0) is 0 Å². The number of hydrogen-bond donors (Lipinski definition) is 0. The van der Waals surface area contributed by atoms with Crippen LogP contribution in [0.1, 0.15) is 25.3 Å². The Kier molecular flexibility index (Phi) is 3.50. The first kappa shape index (κ1) is 11.5. The largest absolute Gasteiger partial charge is 0.370 e. The molecule has 1 aromatic rings. The second-order valence-electron chi connectivity index (χ2n) is 4.28. The van der Waals surface area contributed by atoms with Crippen molar-refractivity contribution in [3.8, 4) is 6.07 Å². The van der Waals surface area contributed by atoms with E-state index in [9.17, 15) is 0 Å². The Morgan fingerprint density at radius 3 is 3.00 bits per heavy atom. The first-order chi connectivity index (χ1) is 7.74. The monoisotopic (exact) mass is 278 g/mol. The quantitative estimate of drug-likeness (QED) is 0.827. The van der Waals surface area contributed by atoms with Gasteiger partial charge in [0.25, 0.3) is 0 Å². The van der Waals surface area contributed by atoms with E-state index < -0.39 is 0 Å². The predicted octanol–water partition coefficient (Wildman–Crippen LogP) is 3.56. The predicted molar refractivity (Wildman–Crippen MR) is 69.5 cm³/mol. The molecule has 1 unspecified atom stereocenters. The van der Waals surface area contributed by atoms with Gasteiger partial charge < -0.3 is 4.90 Å². The smallest absolute Gasteiger partial charge is 0.101 e. The van der Waals surface area contributed by atoms with E-state index in [2.05, 4.69) is 39.9 Å². The van der Waals surface area contributed by atoms with Crippen molar-refractivity contribution in [2.75, 3.05) is 18.0 Å². The molecule has 0 radical (unpaired) electrons. The number of hydrogen-bond acceptors (Lipinski definition) is 2. The molecule has 1 saturated heterocycles. The molecular weight excluding hydrogens is 264 g/mol. The zero-order chi connectivity index (χ0) is 11.5. The molecule has 2 nitrogen and oxygen atoms in total. The molecule has 0 aliphatic carbocycles. The molecule has 84 valence electrons. The number of halogens is 1. The fourth-order valence-corrected chi connectivity index (χ4v) is 2.59. The van der Waals surface area contributed by atoms with Gasteiger partial charge in [0.1, 0.15) is 6.07 Å². The molecule has 1 fully saturated rings. The summed E-state index contributed by atoms with van der Waals surface area (Å²) in [7, 11) is 0. The van der Waals surface area contributed by atoms with Gasteiger partial charge in [0.05, 0.1) is 11.3 Å². The van der Waals surface area contributed by atoms with Crippen molar-refractivity contribution in [3.63, 3.8) is 0 Å². The van der Waals surface area contributed by atoms with E-state index in [4.69, 9.17) is 5.26 Å². The summed E-state index contributed by atoms with van der Waals surface area (Å²) in [5.41, 5.74) is 1.85. The van der Waals surface area contributed by atoms with Crippen LogP contribution in [0.15, 0.2) is 22.7 Å². The highest BCUT2D eigenvalue weighted by Gasteiger charge is 2.22. The number of nitrogens with zero attached hydrogens (tertiary/aromatic N) is 2. The summed E-state index contributed by atoms with van der Waals surface area (Å²) >= 11 is 3.47. The van der Waals surface area contributed by atoms with Gasteiger partial charge in [-0.25, -0.2) is 0 Å². The highest BCUT2D eigenvalue weighted by atomic mass is 79.9. The maximum Gasteiger partial charge on any atom is 0.101 e. The van der Waals surface area contributed by atoms with E-state index >= 15 is 0 Å². The van der Waals surface area contributed by atoms with Crippen LogP contribution in [0.3, 0.4) is 0 Å². The van der Waals surface area contributed by atoms with Crippen molar-refractivity contribution in [1.29, 1.82) is 5.26 Å². The third-order valence-electron chi connectivity index (χ3n) is 3.28. The lowest BCUT2D eigenvalue weighted by atomic mass is 10.1. The average molecular weight is 279 g/mol. The molecule has 0 bridgehead atoms. The standard InChI is InChI=1S/C13H15BrN2/c1-2-10-5-6-16(9-10)13-7-12(14)4-3-11(13)8-15/h3-4,7,10H,2,5-6,9H2,1H3. The Bertz CT molecular complexity index is 422. The van der Waals surface area contributed by atoms with Crippen LogP contribution >= 0.6 is 15.9 Å². The minimum atomic E-state index is 0.778. The molecule has 1 aliphatic rings. The molecule has 2 rings (SSSR count). The zero-order valence-electron chi connectivity index (χ0n) is 9.41. The van der Waals surface area contributed by atoms with Crippen molar-refractivity contribution >= 4 is 21.6 Å². The van der Waals surface area contributed by atoms with Gasteiger partial charge in [-0.1, -0.05) is 29.3 Å². The molecule has 0 aromatic heterocycles. The maximum atomic E-state index is 9.10. The van der Waals surface area contributed by atoms with Gasteiger partial charge in [0.2, 0.25) is 0 Å². The number of anilines is 1. The molecule has 1 aromatic carbocycles. The van der Waals surface area contributed by atoms with Gasteiger partial charge in [-0.15, -0.1) is 0 Å². The summed E-state index contributed by atoms with van der Waals surface area (Å²) in [6, 6.07) is 8.14. The average Bonchev–Trinajstić information content (AvgIpc) is 2.77. The first-order valence-electron chi connectivity index (χ1n) is 5.69. The lowest BCUT2D eigenvalue weighted by molar-refractivity contribution is 0.569. The SMILES string of the molecule is CCC1CCN(c2cc(Br)ccc2C#N)C1. The number of nitriles is 1. The summed E-state index contributed by atoms with van der Waals surface area (Å²) < 4.78 is 1.04. The molecule has 1 aliphatic heterocycles. The van der Waals surface area contributed by atoms with Gasteiger partial charge >= 0.3 is 0 Å². The van der Waals surface area contributed by atoms with Crippen molar-refractivity contribution in [2.45, 2.75) is 19.8 Å². The van der Waals surface area contributed by atoms with Crippen LogP contribution in [-0.4, -0.2) is 13.1 Å². The van der Waals surface area contributed by atoms with E-state index in [0.717, 1.165) is 34.7 Å². The van der Waals surface area contributed by atoms with Crippen LogP contribution in [0.25, 0.3) is 0 Å². The Morgan fingerprint density at radius 1 is 1.56 bits per heavy atom. The van der Waals surface area contributed by atoms with Gasteiger partial charge in [0, 0.05) is 17.6 Å². The third-order valence-corrected chi connectivity index (χ3v) is 3.78. The molecule has 0 N–H and O–H groups in total. The first-order valence-corrected chi connectivity index (χ1v) is 6.48. The van der Waals surface area contributed by atoms with E-state index in [1.807, 2.05) is 12.1 Å². The molecule has 3 heteroatoms. The van der Waals surface area contributed by atoms with Crippen molar-refractivity contribution in [2.24, 2.45) is 5.92 Å².